The molecular formula is C66H90F32O20. The summed E-state index contributed by atoms with van der Waals surface area (Å²) in [5, 5.41) is 46.7. The summed E-state index contributed by atoms with van der Waals surface area (Å²) in [4.78, 5) is 59.4. The lowest BCUT2D eigenvalue weighted by Crippen LogP contribution is -2.79. The Hall–Kier alpha value is -5.29. The van der Waals surface area contributed by atoms with E-state index in [1.54, 1.807) is 6.92 Å². The normalized spacial score (nSPS) is 31.3. The number of hydrogen-bond donors (Lipinski definition) is 5. The summed E-state index contributed by atoms with van der Waals surface area (Å²) >= 11 is 0. The molecule has 0 spiro atoms. The molecule has 0 aromatic rings. The second-order valence-electron chi connectivity index (χ2n) is 32.2. The highest BCUT2D eigenvalue weighted by Crippen LogP contribution is 2.61. The first-order valence-electron chi connectivity index (χ1n) is 34.5. The van der Waals surface area contributed by atoms with Crippen molar-refractivity contribution in [2.75, 3.05) is 13.2 Å². The molecule has 0 amide bonds. The quantitative estimate of drug-likeness (QED) is 0.0579. The summed E-state index contributed by atoms with van der Waals surface area (Å²) in [7, 11) is 0. The lowest BCUT2D eigenvalue weighted by atomic mass is 9.78. The molecule has 118 heavy (non-hydrogen) atoms. The monoisotopic (exact) mass is 1810 g/mol. The fourth-order valence-electron chi connectivity index (χ4n) is 9.82. The Morgan fingerprint density at radius 1 is 0.373 bits per heavy atom. The van der Waals surface area contributed by atoms with Gasteiger partial charge in [0.1, 0.15) is 18.3 Å². The van der Waals surface area contributed by atoms with Gasteiger partial charge in [0.05, 0.1) is 45.7 Å². The van der Waals surface area contributed by atoms with Crippen LogP contribution in [0.4, 0.5) is 140 Å². The molecule has 5 rings (SSSR count). The highest BCUT2D eigenvalue weighted by molar-refractivity contribution is 5.78. The molecule has 0 radical (unpaired) electrons. The van der Waals surface area contributed by atoms with E-state index in [2.05, 4.69) is 47.4 Å². The maximum Gasteiger partial charge on any atom is 0.449 e. The van der Waals surface area contributed by atoms with Crippen molar-refractivity contribution in [3.8, 4) is 0 Å². The highest BCUT2D eigenvalue weighted by Gasteiger charge is 2.88. The smallest absolute Gasteiger partial charge is 0.449 e. The van der Waals surface area contributed by atoms with Gasteiger partial charge < -0.3 is 72.9 Å². The first-order valence-corrected chi connectivity index (χ1v) is 34.5. The van der Waals surface area contributed by atoms with E-state index in [1.165, 1.54) is 96.9 Å². The molecule has 52 heteroatoms. The third-order valence-corrected chi connectivity index (χ3v) is 20.1. The molecule has 698 valence electrons. The Balaban J connectivity index is 0.000000738. The second-order valence-corrected chi connectivity index (χ2v) is 32.2. The van der Waals surface area contributed by atoms with Crippen molar-refractivity contribution in [2.45, 2.75) is 345 Å². The lowest BCUT2D eigenvalue weighted by Gasteiger charge is -2.53. The molecule has 20 nitrogen and oxygen atoms in total. The molecule has 11 unspecified atom stereocenters. The molecule has 0 aromatic carbocycles. The number of alkyl halides is 32. The summed E-state index contributed by atoms with van der Waals surface area (Å²) in [5.41, 5.74) is -15.7. The Morgan fingerprint density at radius 3 is 1.03 bits per heavy atom. The highest BCUT2D eigenvalue weighted by atomic mass is 19.4. The van der Waals surface area contributed by atoms with Crippen molar-refractivity contribution in [2.24, 2.45) is 27.1 Å². The summed E-state index contributed by atoms with van der Waals surface area (Å²) in [6, 6.07) is 0. The number of esters is 5. The van der Waals surface area contributed by atoms with E-state index in [1.807, 2.05) is 0 Å². The molecule has 5 saturated heterocycles. The van der Waals surface area contributed by atoms with Gasteiger partial charge in [-0.25, -0.2) is 0 Å². The van der Waals surface area contributed by atoms with E-state index < -0.39 is 244 Å². The average molecular weight is 1810 g/mol. The zero-order valence-electron chi connectivity index (χ0n) is 65.9. The fourth-order valence-corrected chi connectivity index (χ4v) is 9.82. The summed E-state index contributed by atoms with van der Waals surface area (Å²) < 4.78 is 470. The third kappa shape index (κ3) is 21.2. The molecule has 5 fully saturated rings. The van der Waals surface area contributed by atoms with Crippen LogP contribution in [0.1, 0.15) is 190 Å². The first-order chi connectivity index (χ1) is 51.4. The number of carbonyl (C=O) groups is 5. The van der Waals surface area contributed by atoms with Crippen LogP contribution in [-0.2, 0) is 71.3 Å². The minimum atomic E-state index is -6.13. The van der Waals surface area contributed by atoms with Gasteiger partial charge in [0.25, 0.3) is 5.79 Å². The van der Waals surface area contributed by atoms with Crippen LogP contribution < -0.4 is 0 Å². The maximum atomic E-state index is 14.4. The van der Waals surface area contributed by atoms with Crippen LogP contribution in [0.3, 0.4) is 0 Å². The second kappa shape index (κ2) is 34.0. The summed E-state index contributed by atoms with van der Waals surface area (Å²) in [5.74, 6) is -67.2. The zero-order chi connectivity index (χ0) is 94.9. The Labute approximate surface area is 651 Å². The number of rotatable bonds is 15. The maximum absolute atomic E-state index is 14.4. The summed E-state index contributed by atoms with van der Waals surface area (Å²) in [6.07, 6.45) is -55.0. The van der Waals surface area contributed by atoms with E-state index in [0.717, 1.165) is 13.8 Å². The van der Waals surface area contributed by atoms with Crippen molar-refractivity contribution in [1.82, 2.24) is 0 Å². The van der Waals surface area contributed by atoms with Crippen LogP contribution >= 0.6 is 0 Å². The average Bonchev–Trinajstić information content (AvgIpc) is 0.697. The predicted molar refractivity (Wildman–Crippen MR) is 331 cm³/mol. The van der Waals surface area contributed by atoms with Crippen LogP contribution in [0.15, 0.2) is 0 Å². The molecular weight excluding hydrogens is 1720 g/mol. The van der Waals surface area contributed by atoms with Gasteiger partial charge in [-0.1, -0.05) is 34.6 Å². The molecule has 5 aliphatic heterocycles. The van der Waals surface area contributed by atoms with Gasteiger partial charge >= 0.3 is 132 Å². The summed E-state index contributed by atoms with van der Waals surface area (Å²) in [6.45, 7) is 20.0. The molecule has 0 bridgehead atoms. The number of hydrogen-bond acceptors (Lipinski definition) is 20. The van der Waals surface area contributed by atoms with Gasteiger partial charge in [-0.2, -0.15) is 140 Å². The Kier molecular flexibility index (Phi) is 31.9. The van der Waals surface area contributed by atoms with Crippen LogP contribution in [0.25, 0.3) is 0 Å². The van der Waals surface area contributed by atoms with Crippen LogP contribution in [0.5, 0.6) is 0 Å². The minimum Gasteiger partial charge on any atom is -0.455 e. The third-order valence-electron chi connectivity index (χ3n) is 20.1. The number of carbonyl (C=O) groups excluding carboxylic acids is 5. The van der Waals surface area contributed by atoms with E-state index in [-0.39, 0.29) is 32.1 Å². The number of ether oxygens (including phenoxy) is 10. The molecule has 11 atom stereocenters. The van der Waals surface area contributed by atoms with Crippen molar-refractivity contribution in [3.05, 3.63) is 0 Å². The SMILES string of the molecule is CCC(C)(C)C(=O)OC1(C(F)(F)F)CC(C)(C)OC(O)(C(F)(F)F)C1.CCC(C)(C)C(=O)OC1C(F)(F)C(C)(C)OC(O)(C(F)(F)F)C1(F)F.CCC(C)(C)C(=O)OC1C(F)(F)C(C)OC(O)(C(F)(F)F)C1(F)F.CCC(C)(C)C(=O)OC1C(F)(F)COC(O)(C(F)(F)F)C1(F)F.CCC(C)(C)C(=O)OC1CCOC(O)(C(F)(F)F)C1(F)F. The van der Waals surface area contributed by atoms with E-state index in [9.17, 15) is 185 Å². The largest absolute Gasteiger partial charge is 0.455 e. The Bertz CT molecular complexity index is 3480. The number of aliphatic hydroxyl groups is 5. The van der Waals surface area contributed by atoms with E-state index in [4.69, 9.17) is 5.11 Å². The van der Waals surface area contributed by atoms with Crippen LogP contribution in [-0.4, -0.2) is 223 Å². The lowest BCUT2D eigenvalue weighted by molar-refractivity contribution is -0.510. The van der Waals surface area contributed by atoms with Gasteiger partial charge in [-0.3, -0.25) is 24.0 Å². The Morgan fingerprint density at radius 2 is 0.686 bits per heavy atom. The molecule has 0 aliphatic carbocycles. The molecule has 5 heterocycles. The van der Waals surface area contributed by atoms with Gasteiger partial charge in [-0.15, -0.1) is 0 Å². The van der Waals surface area contributed by atoms with Gasteiger partial charge in [-0.05, 0) is 136 Å². The van der Waals surface area contributed by atoms with Gasteiger partial charge in [0.15, 0.2) is 6.10 Å². The van der Waals surface area contributed by atoms with Crippen molar-refractivity contribution >= 4 is 29.8 Å². The van der Waals surface area contributed by atoms with E-state index in [0.29, 0.717) is 20.8 Å². The molecule has 0 aromatic heterocycles. The topological polar surface area (TPSA) is 279 Å². The molecule has 5 N–H and O–H groups in total. The van der Waals surface area contributed by atoms with E-state index >= 15 is 0 Å². The minimum absolute atomic E-state index is 0.00423. The molecule has 5 aliphatic rings. The van der Waals surface area contributed by atoms with Crippen LogP contribution in [0, 0.1) is 27.1 Å². The zero-order valence-corrected chi connectivity index (χ0v) is 65.9. The van der Waals surface area contributed by atoms with Gasteiger partial charge in [0.2, 0.25) is 23.9 Å². The fraction of sp³-hybridized carbons (Fsp3) is 0.924. The van der Waals surface area contributed by atoms with Gasteiger partial charge in [0, 0.05) is 12.8 Å². The molecule has 0 saturated carbocycles. The first kappa shape index (κ1) is 111. The van der Waals surface area contributed by atoms with Crippen LogP contribution in [0.2, 0.25) is 0 Å². The number of halogens is 32. The standard InChI is InChI=1S/C15H22F6O4.C14H19F7O4.C13H17F7O4.C12H15F7O4.C12H17F5O4/c1-6-10(2,3)9(22)24-12(14(16,17)18)7-11(4,5)25-13(23,8-12)15(19,20)21;1-6-9(2,3)8(22)24-7-11(15,16)10(4,5)25-13(23,12(7,17)18)14(19,20)21;1-5-9(3,4)8(21)23-7-10(14,15)6(2)24-12(22,11(7,16)17)13(18,19)20;1-4-8(2,3)7(20)23-6-9(13,14)5-22-11(21,10(6,15)16)12(17,18)19;1-4-9(2,3)8(18)21-7-5-6-20-11(19,10(7,13)14)12(15,16)17/h23H,6-8H2,1-5H3;7,23H,6H2,1-5H3;6-7,22H,5H2,1-4H3;6,21H,4-5H2,1-3H3;7,19H,4-6H2,1-3H3. The van der Waals surface area contributed by atoms with Crippen molar-refractivity contribution in [1.29, 1.82) is 0 Å². The van der Waals surface area contributed by atoms with Crippen molar-refractivity contribution < 1.29 is 237 Å². The van der Waals surface area contributed by atoms with Crippen molar-refractivity contribution in [3.63, 3.8) is 0 Å². The predicted octanol–water partition coefficient (Wildman–Crippen LogP) is 16.6.